The highest BCUT2D eigenvalue weighted by Gasteiger charge is 2.42. The first kappa shape index (κ1) is 23.7. The minimum atomic E-state index is -0.536. The first-order valence-corrected chi connectivity index (χ1v) is 12.3. The predicted molar refractivity (Wildman–Crippen MR) is 135 cm³/mol. The van der Waals surface area contributed by atoms with Gasteiger partial charge in [-0.2, -0.15) is 0 Å². The maximum absolute atomic E-state index is 13.6. The molecule has 2 atom stereocenters. The van der Waals surface area contributed by atoms with Crippen LogP contribution in [0.25, 0.3) is 0 Å². The molecule has 0 fully saturated rings. The van der Waals surface area contributed by atoms with Crippen LogP contribution >= 0.6 is 0 Å². The highest BCUT2D eigenvalue weighted by Crippen LogP contribution is 2.46. The van der Waals surface area contributed by atoms with Gasteiger partial charge in [-0.3, -0.25) is 4.79 Å². The van der Waals surface area contributed by atoms with Crippen molar-refractivity contribution in [1.82, 2.24) is 5.32 Å². The predicted octanol–water partition coefficient (Wildman–Crippen LogP) is 5.78. The molecule has 184 valence electrons. The number of Topliss-reactive ketones (excluding diaryl/α,β-unsaturated/α-hetero) is 1. The van der Waals surface area contributed by atoms with Crippen molar-refractivity contribution in [3.05, 3.63) is 112 Å². The fourth-order valence-corrected chi connectivity index (χ4v) is 5.10. The smallest absolute Gasteiger partial charge is 0.336 e. The Morgan fingerprint density at radius 3 is 2.64 bits per heavy atom. The van der Waals surface area contributed by atoms with Crippen LogP contribution in [0.5, 0.6) is 5.75 Å². The molecule has 1 aliphatic carbocycles. The molecular formula is C30H29NO5. The first-order chi connectivity index (χ1) is 17.5. The fraction of sp³-hybridized carbons (Fsp3) is 0.267. The topological polar surface area (TPSA) is 77.8 Å². The molecule has 0 saturated heterocycles. The quantitative estimate of drug-likeness (QED) is 0.429. The van der Waals surface area contributed by atoms with E-state index in [2.05, 4.69) is 5.32 Å². The zero-order chi connectivity index (χ0) is 25.1. The molecule has 0 amide bonds. The first-order valence-electron chi connectivity index (χ1n) is 12.3. The van der Waals surface area contributed by atoms with Crippen molar-refractivity contribution in [1.29, 1.82) is 0 Å². The van der Waals surface area contributed by atoms with Gasteiger partial charge in [0.25, 0.3) is 0 Å². The lowest BCUT2D eigenvalue weighted by Crippen LogP contribution is -2.36. The summed E-state index contributed by atoms with van der Waals surface area (Å²) >= 11 is 0. The van der Waals surface area contributed by atoms with Crippen molar-refractivity contribution < 1.29 is 23.5 Å². The summed E-state index contributed by atoms with van der Waals surface area (Å²) in [6.45, 7) is 4.32. The summed E-state index contributed by atoms with van der Waals surface area (Å²) in [5.41, 5.74) is 4.48. The van der Waals surface area contributed by atoms with Gasteiger partial charge in [0.1, 0.15) is 18.1 Å². The zero-order valence-corrected chi connectivity index (χ0v) is 20.5. The number of ketones is 1. The van der Waals surface area contributed by atoms with Crippen LogP contribution in [0.1, 0.15) is 55.4 Å². The van der Waals surface area contributed by atoms with Gasteiger partial charge in [-0.25, -0.2) is 4.79 Å². The van der Waals surface area contributed by atoms with Crippen molar-refractivity contribution in [3.8, 4) is 5.75 Å². The van der Waals surface area contributed by atoms with Gasteiger partial charge in [0, 0.05) is 35.2 Å². The van der Waals surface area contributed by atoms with Gasteiger partial charge >= 0.3 is 5.97 Å². The van der Waals surface area contributed by atoms with E-state index in [0.717, 1.165) is 22.6 Å². The number of rotatable bonds is 7. The van der Waals surface area contributed by atoms with Crippen molar-refractivity contribution in [3.63, 3.8) is 0 Å². The second-order valence-corrected chi connectivity index (χ2v) is 9.10. The molecule has 2 heterocycles. The van der Waals surface area contributed by atoms with Crippen LogP contribution in [-0.2, 0) is 20.9 Å². The lowest BCUT2D eigenvalue weighted by molar-refractivity contribution is -0.138. The minimum Gasteiger partial charge on any atom is -0.489 e. The Labute approximate surface area is 210 Å². The van der Waals surface area contributed by atoms with Gasteiger partial charge in [-0.15, -0.1) is 0 Å². The van der Waals surface area contributed by atoms with E-state index in [9.17, 15) is 9.59 Å². The number of hydrogen-bond acceptors (Lipinski definition) is 6. The Bertz CT molecular complexity index is 1320. The van der Waals surface area contributed by atoms with Gasteiger partial charge in [0.2, 0.25) is 0 Å². The molecule has 5 rings (SSSR count). The van der Waals surface area contributed by atoms with Crippen LogP contribution in [0, 0.1) is 0 Å². The highest BCUT2D eigenvalue weighted by molar-refractivity contribution is 6.04. The molecule has 0 saturated carbocycles. The van der Waals surface area contributed by atoms with Crippen LogP contribution < -0.4 is 10.1 Å². The molecule has 36 heavy (non-hydrogen) atoms. The van der Waals surface area contributed by atoms with Crippen LogP contribution in [0.3, 0.4) is 0 Å². The van der Waals surface area contributed by atoms with E-state index < -0.39 is 11.9 Å². The summed E-state index contributed by atoms with van der Waals surface area (Å²) in [5, 5.41) is 3.36. The Morgan fingerprint density at radius 1 is 1.06 bits per heavy atom. The Kier molecular flexibility index (Phi) is 6.76. The third kappa shape index (κ3) is 4.71. The number of esters is 1. The average molecular weight is 484 g/mol. The third-order valence-corrected chi connectivity index (χ3v) is 6.71. The molecule has 6 heteroatoms. The number of benzene rings is 2. The summed E-state index contributed by atoms with van der Waals surface area (Å²) in [5.74, 6) is 0.468. The van der Waals surface area contributed by atoms with Crippen LogP contribution in [0.4, 0.5) is 0 Å². The molecule has 1 N–H and O–H groups in total. The number of dihydropyridines is 1. The van der Waals surface area contributed by atoms with Gasteiger partial charge in [-0.1, -0.05) is 42.5 Å². The molecule has 2 aliphatic rings. The van der Waals surface area contributed by atoms with Crippen molar-refractivity contribution in [2.75, 3.05) is 6.61 Å². The molecule has 2 aromatic carbocycles. The summed E-state index contributed by atoms with van der Waals surface area (Å²) in [4.78, 5) is 26.7. The molecule has 1 aliphatic heterocycles. The van der Waals surface area contributed by atoms with Crippen molar-refractivity contribution >= 4 is 11.8 Å². The van der Waals surface area contributed by atoms with Crippen LogP contribution in [-0.4, -0.2) is 18.4 Å². The van der Waals surface area contributed by atoms with Gasteiger partial charge in [0.05, 0.1) is 18.4 Å². The van der Waals surface area contributed by atoms with E-state index in [1.165, 1.54) is 0 Å². The van der Waals surface area contributed by atoms with E-state index in [0.29, 0.717) is 42.0 Å². The van der Waals surface area contributed by atoms with E-state index in [-0.39, 0.29) is 18.3 Å². The van der Waals surface area contributed by atoms with Crippen LogP contribution in [0.2, 0.25) is 0 Å². The third-order valence-electron chi connectivity index (χ3n) is 6.71. The van der Waals surface area contributed by atoms with Gasteiger partial charge < -0.3 is 19.2 Å². The number of furan rings is 1. The SMILES string of the molecule is CCOC(=O)C1=C(C)NC2=C(C(=O)C[C@H](c3ccco3)C2)[C@H]1c1cccc(OCc2ccccc2)c1. The Morgan fingerprint density at radius 2 is 1.89 bits per heavy atom. The zero-order valence-electron chi connectivity index (χ0n) is 20.5. The standard InChI is InChI=1S/C30H29NO5/c1-3-34-30(33)27-19(2)31-24-16-22(26-13-8-14-35-26)17-25(32)29(24)28(27)21-11-7-12-23(15-21)36-18-20-9-5-4-6-10-20/h4-15,22,28,31H,3,16-18H2,1-2H3/t22-,28+/m1/s1. The lowest BCUT2D eigenvalue weighted by atomic mass is 9.72. The summed E-state index contributed by atoms with van der Waals surface area (Å²) in [7, 11) is 0. The fourth-order valence-electron chi connectivity index (χ4n) is 5.10. The molecule has 0 bridgehead atoms. The summed E-state index contributed by atoms with van der Waals surface area (Å²) in [6, 6.07) is 21.3. The van der Waals surface area contributed by atoms with E-state index >= 15 is 0 Å². The monoisotopic (exact) mass is 483 g/mol. The normalized spacial score (nSPS) is 19.6. The molecular weight excluding hydrogens is 454 g/mol. The second-order valence-electron chi connectivity index (χ2n) is 9.10. The maximum Gasteiger partial charge on any atom is 0.336 e. The Balaban J connectivity index is 1.52. The minimum absolute atomic E-state index is 0.0000513. The number of carbonyl (C=O) groups is 2. The largest absolute Gasteiger partial charge is 0.489 e. The van der Waals surface area contributed by atoms with Gasteiger partial charge in [-0.05, 0) is 55.7 Å². The van der Waals surface area contributed by atoms with E-state index in [1.807, 2.05) is 73.7 Å². The van der Waals surface area contributed by atoms with Crippen molar-refractivity contribution in [2.24, 2.45) is 0 Å². The molecule has 0 radical (unpaired) electrons. The molecule has 3 aromatic rings. The molecule has 0 spiro atoms. The van der Waals surface area contributed by atoms with E-state index in [4.69, 9.17) is 13.9 Å². The number of hydrogen-bond donors (Lipinski definition) is 1. The van der Waals surface area contributed by atoms with Gasteiger partial charge in [0.15, 0.2) is 5.78 Å². The number of carbonyl (C=O) groups excluding carboxylic acids is 2. The maximum atomic E-state index is 13.6. The van der Waals surface area contributed by atoms with Crippen LogP contribution in [0.15, 0.2) is 100.0 Å². The highest BCUT2D eigenvalue weighted by atomic mass is 16.5. The van der Waals surface area contributed by atoms with Crippen molar-refractivity contribution in [2.45, 2.75) is 45.1 Å². The Hall–Kier alpha value is -4.06. The summed E-state index contributed by atoms with van der Waals surface area (Å²) < 4.78 is 17.1. The number of ether oxygens (including phenoxy) is 2. The number of nitrogens with one attached hydrogen (secondary N) is 1. The second kappa shape index (κ2) is 10.3. The molecule has 1 aromatic heterocycles. The number of allylic oxidation sites excluding steroid dienone is 3. The molecule has 0 unspecified atom stereocenters. The summed E-state index contributed by atoms with van der Waals surface area (Å²) in [6.07, 6.45) is 2.58. The molecule has 6 nitrogen and oxygen atoms in total. The van der Waals surface area contributed by atoms with E-state index in [1.54, 1.807) is 13.2 Å². The average Bonchev–Trinajstić information content (AvgIpc) is 3.43. The lowest BCUT2D eigenvalue weighted by Gasteiger charge is -2.36.